The maximum absolute atomic E-state index is 9.06. The van der Waals surface area contributed by atoms with Gasteiger partial charge in [0.25, 0.3) is 0 Å². The standard InChI is InChI=1S/C15H18N4/c1-2-7-17-11-14-6-4-9-19(14)12-13-5-3-8-18-15(13)10-16/h3-6,8-9,17H,2,7,11-12H2,1H3. The summed E-state index contributed by atoms with van der Waals surface area (Å²) >= 11 is 0. The van der Waals surface area contributed by atoms with Crippen LogP contribution in [0, 0.1) is 11.3 Å². The summed E-state index contributed by atoms with van der Waals surface area (Å²) < 4.78 is 2.15. The average Bonchev–Trinajstić information content (AvgIpc) is 2.87. The number of nitrogens with zero attached hydrogens (tertiary/aromatic N) is 3. The summed E-state index contributed by atoms with van der Waals surface area (Å²) in [6.07, 6.45) is 4.82. The number of rotatable bonds is 6. The van der Waals surface area contributed by atoms with Gasteiger partial charge in [0.2, 0.25) is 0 Å². The number of nitrogens with one attached hydrogen (secondary N) is 1. The van der Waals surface area contributed by atoms with E-state index in [1.54, 1.807) is 6.20 Å². The molecule has 19 heavy (non-hydrogen) atoms. The highest BCUT2D eigenvalue weighted by molar-refractivity contribution is 5.31. The van der Waals surface area contributed by atoms with Crippen LogP contribution in [0.1, 0.15) is 30.3 Å². The normalized spacial score (nSPS) is 10.3. The van der Waals surface area contributed by atoms with Gasteiger partial charge in [0.1, 0.15) is 11.8 Å². The van der Waals surface area contributed by atoms with Crippen molar-refractivity contribution in [1.29, 1.82) is 5.26 Å². The average molecular weight is 254 g/mol. The number of aromatic nitrogens is 2. The Morgan fingerprint density at radius 2 is 2.26 bits per heavy atom. The zero-order chi connectivity index (χ0) is 13.5. The van der Waals surface area contributed by atoms with Crippen LogP contribution in [0.3, 0.4) is 0 Å². The number of hydrogen-bond donors (Lipinski definition) is 1. The second kappa shape index (κ2) is 6.72. The monoisotopic (exact) mass is 254 g/mol. The lowest BCUT2D eigenvalue weighted by Gasteiger charge is -2.10. The van der Waals surface area contributed by atoms with Crippen molar-refractivity contribution in [3.05, 3.63) is 53.6 Å². The van der Waals surface area contributed by atoms with Crippen LogP contribution in [0.5, 0.6) is 0 Å². The molecule has 0 aliphatic heterocycles. The predicted octanol–water partition coefficient (Wildman–Crippen LogP) is 2.30. The second-order valence-corrected chi connectivity index (χ2v) is 4.43. The molecule has 0 spiro atoms. The van der Waals surface area contributed by atoms with Crippen molar-refractivity contribution in [3.8, 4) is 6.07 Å². The third kappa shape index (κ3) is 3.43. The van der Waals surface area contributed by atoms with Crippen LogP contribution in [0.15, 0.2) is 36.7 Å². The third-order valence-electron chi connectivity index (χ3n) is 2.99. The van der Waals surface area contributed by atoms with Crippen molar-refractivity contribution in [3.63, 3.8) is 0 Å². The Kier molecular flexibility index (Phi) is 4.71. The van der Waals surface area contributed by atoms with Crippen LogP contribution in [0.25, 0.3) is 0 Å². The van der Waals surface area contributed by atoms with Gasteiger partial charge >= 0.3 is 0 Å². The number of pyridine rings is 1. The largest absolute Gasteiger partial charge is 0.346 e. The van der Waals surface area contributed by atoms with E-state index in [0.29, 0.717) is 12.2 Å². The van der Waals surface area contributed by atoms with Gasteiger partial charge in [-0.25, -0.2) is 4.98 Å². The van der Waals surface area contributed by atoms with Gasteiger partial charge < -0.3 is 9.88 Å². The van der Waals surface area contributed by atoms with Crippen LogP contribution in [0.4, 0.5) is 0 Å². The van der Waals surface area contributed by atoms with Crippen molar-refractivity contribution < 1.29 is 0 Å². The second-order valence-electron chi connectivity index (χ2n) is 4.43. The van der Waals surface area contributed by atoms with Crippen LogP contribution in [-0.4, -0.2) is 16.1 Å². The lowest BCUT2D eigenvalue weighted by Crippen LogP contribution is -2.17. The lowest BCUT2D eigenvalue weighted by atomic mass is 10.2. The van der Waals surface area contributed by atoms with Crippen LogP contribution in [0.2, 0.25) is 0 Å². The van der Waals surface area contributed by atoms with E-state index in [2.05, 4.69) is 33.9 Å². The van der Waals surface area contributed by atoms with Gasteiger partial charge in [-0.1, -0.05) is 13.0 Å². The SMILES string of the molecule is CCCNCc1cccn1Cc1cccnc1C#N. The fraction of sp³-hybridized carbons (Fsp3) is 0.333. The molecular weight excluding hydrogens is 236 g/mol. The van der Waals surface area contributed by atoms with E-state index >= 15 is 0 Å². The van der Waals surface area contributed by atoms with Crippen LogP contribution < -0.4 is 5.32 Å². The summed E-state index contributed by atoms with van der Waals surface area (Å²) in [7, 11) is 0. The van der Waals surface area contributed by atoms with E-state index in [0.717, 1.165) is 25.1 Å². The Labute approximate surface area is 113 Å². The van der Waals surface area contributed by atoms with Gasteiger partial charge in [0.15, 0.2) is 0 Å². The zero-order valence-corrected chi connectivity index (χ0v) is 11.1. The van der Waals surface area contributed by atoms with E-state index in [4.69, 9.17) is 5.26 Å². The van der Waals surface area contributed by atoms with Crippen molar-refractivity contribution >= 4 is 0 Å². The highest BCUT2D eigenvalue weighted by Crippen LogP contribution is 2.10. The first-order valence-corrected chi connectivity index (χ1v) is 6.54. The van der Waals surface area contributed by atoms with E-state index < -0.39 is 0 Å². The summed E-state index contributed by atoms with van der Waals surface area (Å²) in [6.45, 7) is 4.71. The molecule has 4 heteroatoms. The molecule has 0 fully saturated rings. The molecule has 2 rings (SSSR count). The Hall–Kier alpha value is -2.12. The molecule has 0 atom stereocenters. The van der Waals surface area contributed by atoms with Crippen molar-refractivity contribution in [1.82, 2.24) is 14.9 Å². The fourth-order valence-electron chi connectivity index (χ4n) is 2.01. The molecule has 0 saturated heterocycles. The molecule has 0 amide bonds. The smallest absolute Gasteiger partial charge is 0.145 e. The Morgan fingerprint density at radius 1 is 1.37 bits per heavy atom. The van der Waals surface area contributed by atoms with Gasteiger partial charge in [-0.2, -0.15) is 5.26 Å². The van der Waals surface area contributed by atoms with E-state index in [1.165, 1.54) is 5.69 Å². The molecule has 0 aliphatic carbocycles. The summed E-state index contributed by atoms with van der Waals surface area (Å²) in [6, 6.07) is 10.1. The molecular formula is C15H18N4. The molecule has 4 nitrogen and oxygen atoms in total. The maximum atomic E-state index is 9.06. The Balaban J connectivity index is 2.11. The van der Waals surface area contributed by atoms with Gasteiger partial charge in [-0.05, 0) is 31.2 Å². The highest BCUT2D eigenvalue weighted by atomic mass is 15.0. The van der Waals surface area contributed by atoms with Crippen molar-refractivity contribution in [2.24, 2.45) is 0 Å². The third-order valence-corrected chi connectivity index (χ3v) is 2.99. The molecule has 98 valence electrons. The van der Waals surface area contributed by atoms with E-state index in [1.807, 2.05) is 24.4 Å². The van der Waals surface area contributed by atoms with Crippen LogP contribution >= 0.6 is 0 Å². The fourth-order valence-corrected chi connectivity index (χ4v) is 2.01. The Bertz CT molecular complexity index is 566. The molecule has 0 bridgehead atoms. The topological polar surface area (TPSA) is 53.6 Å². The van der Waals surface area contributed by atoms with Crippen molar-refractivity contribution in [2.75, 3.05) is 6.54 Å². The van der Waals surface area contributed by atoms with Crippen LogP contribution in [-0.2, 0) is 13.1 Å². The first-order valence-electron chi connectivity index (χ1n) is 6.54. The first-order chi connectivity index (χ1) is 9.35. The minimum absolute atomic E-state index is 0.503. The molecule has 0 aliphatic rings. The quantitative estimate of drug-likeness (QED) is 0.805. The highest BCUT2D eigenvalue weighted by Gasteiger charge is 2.05. The molecule has 2 heterocycles. The van der Waals surface area contributed by atoms with Gasteiger partial charge in [-0.3, -0.25) is 0 Å². The minimum Gasteiger partial charge on any atom is -0.346 e. The first kappa shape index (κ1) is 13.3. The molecule has 1 N–H and O–H groups in total. The molecule has 2 aromatic rings. The number of nitriles is 1. The molecule has 0 saturated carbocycles. The summed E-state index contributed by atoms with van der Waals surface area (Å²) in [5.74, 6) is 0. The van der Waals surface area contributed by atoms with Gasteiger partial charge in [-0.15, -0.1) is 0 Å². The van der Waals surface area contributed by atoms with Crippen molar-refractivity contribution in [2.45, 2.75) is 26.4 Å². The molecule has 0 aromatic carbocycles. The Morgan fingerprint density at radius 3 is 3.05 bits per heavy atom. The molecule has 2 aromatic heterocycles. The van der Waals surface area contributed by atoms with Gasteiger partial charge in [0.05, 0.1) is 6.54 Å². The number of hydrogen-bond acceptors (Lipinski definition) is 3. The summed E-state index contributed by atoms with van der Waals surface area (Å²) in [5, 5.41) is 12.4. The van der Waals surface area contributed by atoms with E-state index in [9.17, 15) is 0 Å². The molecule has 0 radical (unpaired) electrons. The maximum Gasteiger partial charge on any atom is 0.145 e. The lowest BCUT2D eigenvalue weighted by molar-refractivity contribution is 0.629. The van der Waals surface area contributed by atoms with Gasteiger partial charge in [0, 0.05) is 30.2 Å². The van der Waals surface area contributed by atoms with E-state index in [-0.39, 0.29) is 0 Å². The zero-order valence-electron chi connectivity index (χ0n) is 11.1. The summed E-state index contributed by atoms with van der Waals surface area (Å²) in [5.41, 5.74) is 2.68. The predicted molar refractivity (Wildman–Crippen MR) is 74.5 cm³/mol. The summed E-state index contributed by atoms with van der Waals surface area (Å²) in [4.78, 5) is 4.09. The minimum atomic E-state index is 0.503. The molecule has 0 unspecified atom stereocenters.